The summed E-state index contributed by atoms with van der Waals surface area (Å²) in [4.78, 5) is 12.3. The average Bonchev–Trinajstić information content (AvgIpc) is 3.51. The standard InChI is InChI=1S/C26H33FN2O4S/c1-18-10-13-23(19-8-6-5-7-9-19)34(31,32)29(18)17-20-11-12-21(16-22(20)27)26(14-15-26)28-24(30)33-25(2,3)4/h5-9,11-12,16,18,23H,10,13-15,17H2,1-4H3,(H,28,30)/t18-,23+/m0/s1. The lowest BCUT2D eigenvalue weighted by Crippen LogP contribution is -2.44. The van der Waals surface area contributed by atoms with Crippen molar-refractivity contribution in [2.45, 2.75) is 82.4 Å². The molecule has 4 rings (SSSR count). The summed E-state index contributed by atoms with van der Waals surface area (Å²) in [7, 11) is -3.65. The number of halogens is 1. The van der Waals surface area contributed by atoms with E-state index < -0.39 is 38.3 Å². The number of alkyl carbamates (subject to hydrolysis) is 1. The summed E-state index contributed by atoms with van der Waals surface area (Å²) in [6.45, 7) is 7.22. The summed E-state index contributed by atoms with van der Waals surface area (Å²) in [6, 6.07) is 13.8. The van der Waals surface area contributed by atoms with Crippen molar-refractivity contribution in [2.24, 2.45) is 0 Å². The van der Waals surface area contributed by atoms with Crippen molar-refractivity contribution in [1.82, 2.24) is 9.62 Å². The van der Waals surface area contributed by atoms with Crippen molar-refractivity contribution in [3.8, 4) is 0 Å². The minimum absolute atomic E-state index is 0.0224. The van der Waals surface area contributed by atoms with Gasteiger partial charge in [0.15, 0.2) is 0 Å². The lowest BCUT2D eigenvalue weighted by molar-refractivity contribution is 0.0495. The van der Waals surface area contributed by atoms with Crippen LogP contribution in [0.5, 0.6) is 0 Å². The Kier molecular flexibility index (Phi) is 6.50. The van der Waals surface area contributed by atoms with Crippen molar-refractivity contribution in [2.75, 3.05) is 0 Å². The van der Waals surface area contributed by atoms with Crippen LogP contribution in [0.3, 0.4) is 0 Å². The van der Waals surface area contributed by atoms with Crippen LogP contribution in [0.25, 0.3) is 0 Å². The number of ether oxygens (including phenoxy) is 1. The van der Waals surface area contributed by atoms with Crippen LogP contribution in [0.1, 0.15) is 75.3 Å². The Morgan fingerprint density at radius 3 is 2.41 bits per heavy atom. The van der Waals surface area contributed by atoms with Gasteiger partial charge in [-0.3, -0.25) is 0 Å². The zero-order valence-corrected chi connectivity index (χ0v) is 21.0. The molecule has 2 aliphatic rings. The number of nitrogens with zero attached hydrogens (tertiary/aromatic N) is 1. The first kappa shape index (κ1) is 24.7. The van der Waals surface area contributed by atoms with Crippen LogP contribution < -0.4 is 5.32 Å². The fraction of sp³-hybridized carbons (Fsp3) is 0.500. The van der Waals surface area contributed by atoms with E-state index in [0.717, 1.165) is 5.56 Å². The summed E-state index contributed by atoms with van der Waals surface area (Å²) in [5, 5.41) is 2.25. The van der Waals surface area contributed by atoms with Crippen LogP contribution in [0.4, 0.5) is 9.18 Å². The number of sulfonamides is 1. The molecule has 1 aliphatic heterocycles. The van der Waals surface area contributed by atoms with Crippen molar-refractivity contribution < 1.29 is 22.3 Å². The Morgan fingerprint density at radius 1 is 1.15 bits per heavy atom. The predicted molar refractivity (Wildman–Crippen MR) is 129 cm³/mol. The smallest absolute Gasteiger partial charge is 0.408 e. The monoisotopic (exact) mass is 488 g/mol. The Balaban J connectivity index is 1.53. The van der Waals surface area contributed by atoms with Crippen molar-refractivity contribution >= 4 is 16.1 Å². The van der Waals surface area contributed by atoms with E-state index in [0.29, 0.717) is 36.8 Å². The molecule has 6 nitrogen and oxygen atoms in total. The van der Waals surface area contributed by atoms with Crippen LogP contribution in [0.15, 0.2) is 48.5 Å². The number of nitrogens with one attached hydrogen (secondary N) is 1. The minimum Gasteiger partial charge on any atom is -0.444 e. The summed E-state index contributed by atoms with van der Waals surface area (Å²) in [5.74, 6) is -0.473. The predicted octanol–water partition coefficient (Wildman–Crippen LogP) is 5.39. The van der Waals surface area contributed by atoms with E-state index in [-0.39, 0.29) is 12.6 Å². The lowest BCUT2D eigenvalue weighted by atomic mass is 10.0. The molecule has 2 fully saturated rings. The van der Waals surface area contributed by atoms with Gasteiger partial charge < -0.3 is 10.1 Å². The second-order valence-electron chi connectivity index (χ2n) is 10.4. The fourth-order valence-electron chi connectivity index (χ4n) is 4.60. The number of rotatable bonds is 5. The molecule has 1 aliphatic carbocycles. The van der Waals surface area contributed by atoms with E-state index in [4.69, 9.17) is 4.74 Å². The van der Waals surface area contributed by atoms with Gasteiger partial charge in [-0.2, -0.15) is 4.31 Å². The van der Waals surface area contributed by atoms with Gasteiger partial charge in [0, 0.05) is 18.2 Å². The maximum Gasteiger partial charge on any atom is 0.408 e. The van der Waals surface area contributed by atoms with Crippen LogP contribution in [-0.4, -0.2) is 30.5 Å². The molecule has 1 heterocycles. The molecule has 0 aromatic heterocycles. The van der Waals surface area contributed by atoms with Crippen molar-refractivity contribution in [3.05, 3.63) is 71.0 Å². The Labute approximate surface area is 201 Å². The van der Waals surface area contributed by atoms with E-state index >= 15 is 4.39 Å². The summed E-state index contributed by atoms with van der Waals surface area (Å²) < 4.78 is 48.9. The van der Waals surface area contributed by atoms with E-state index in [1.54, 1.807) is 32.9 Å². The maximum atomic E-state index is 15.2. The highest BCUT2D eigenvalue weighted by atomic mass is 32.2. The van der Waals surface area contributed by atoms with E-state index in [2.05, 4.69) is 5.32 Å². The first-order valence-corrected chi connectivity index (χ1v) is 13.3. The van der Waals surface area contributed by atoms with Gasteiger partial charge in [0.2, 0.25) is 10.0 Å². The highest BCUT2D eigenvalue weighted by Crippen LogP contribution is 2.46. The highest BCUT2D eigenvalue weighted by Gasteiger charge is 2.47. The fourth-order valence-corrected chi connectivity index (χ4v) is 6.79. The number of hydrogen-bond acceptors (Lipinski definition) is 4. The molecule has 184 valence electrons. The molecule has 1 saturated heterocycles. The number of amides is 1. The second kappa shape index (κ2) is 8.96. The first-order chi connectivity index (χ1) is 15.9. The second-order valence-corrected chi connectivity index (χ2v) is 12.5. The lowest BCUT2D eigenvalue weighted by Gasteiger charge is -2.37. The molecule has 1 N–H and O–H groups in total. The molecule has 2 atom stereocenters. The number of carbonyl (C=O) groups excluding carboxylic acids is 1. The quantitative estimate of drug-likeness (QED) is 0.612. The molecule has 2 aromatic rings. The Hall–Kier alpha value is -2.45. The molecular weight excluding hydrogens is 455 g/mol. The average molecular weight is 489 g/mol. The van der Waals surface area contributed by atoms with E-state index in [1.807, 2.05) is 37.3 Å². The molecule has 1 saturated carbocycles. The van der Waals surface area contributed by atoms with Gasteiger partial charge in [-0.1, -0.05) is 42.5 Å². The number of benzene rings is 2. The third-order valence-electron chi connectivity index (χ3n) is 6.62. The topological polar surface area (TPSA) is 75.7 Å². The minimum atomic E-state index is -3.65. The summed E-state index contributed by atoms with van der Waals surface area (Å²) in [6.07, 6.45) is 2.11. The molecule has 0 bridgehead atoms. The SMILES string of the molecule is C[C@H]1CC[C@H](c2ccccc2)S(=O)(=O)N1Cc1ccc(C2(NC(=O)OC(C)(C)C)CC2)cc1F. The van der Waals surface area contributed by atoms with Gasteiger partial charge in [0.25, 0.3) is 0 Å². The summed E-state index contributed by atoms with van der Waals surface area (Å²) >= 11 is 0. The van der Waals surface area contributed by atoms with Crippen LogP contribution in [-0.2, 0) is 26.8 Å². The van der Waals surface area contributed by atoms with Crippen LogP contribution >= 0.6 is 0 Å². The van der Waals surface area contributed by atoms with Crippen molar-refractivity contribution in [3.63, 3.8) is 0 Å². The summed E-state index contributed by atoms with van der Waals surface area (Å²) in [5.41, 5.74) is 0.491. The molecule has 0 spiro atoms. The number of carbonyl (C=O) groups is 1. The number of hydrogen-bond donors (Lipinski definition) is 1. The Morgan fingerprint density at radius 2 is 1.82 bits per heavy atom. The molecule has 34 heavy (non-hydrogen) atoms. The zero-order chi connectivity index (χ0) is 24.7. The van der Waals surface area contributed by atoms with Crippen molar-refractivity contribution in [1.29, 1.82) is 0 Å². The van der Waals surface area contributed by atoms with Gasteiger partial charge in [0.1, 0.15) is 16.7 Å². The molecule has 0 radical (unpaired) electrons. The molecule has 2 aromatic carbocycles. The van der Waals surface area contributed by atoms with Crippen LogP contribution in [0, 0.1) is 5.82 Å². The third kappa shape index (κ3) is 5.13. The normalized spacial score (nSPS) is 23.8. The maximum absolute atomic E-state index is 15.2. The van der Waals surface area contributed by atoms with Gasteiger partial charge in [-0.15, -0.1) is 0 Å². The van der Waals surface area contributed by atoms with Gasteiger partial charge >= 0.3 is 6.09 Å². The zero-order valence-electron chi connectivity index (χ0n) is 20.2. The molecule has 1 amide bonds. The van der Waals surface area contributed by atoms with Gasteiger partial charge in [-0.25, -0.2) is 17.6 Å². The first-order valence-electron chi connectivity index (χ1n) is 11.8. The van der Waals surface area contributed by atoms with Gasteiger partial charge in [0.05, 0.1) is 5.54 Å². The van der Waals surface area contributed by atoms with Crippen LogP contribution in [0.2, 0.25) is 0 Å². The largest absolute Gasteiger partial charge is 0.444 e. The Bertz CT molecular complexity index is 1160. The van der Waals surface area contributed by atoms with Gasteiger partial charge in [-0.05, 0) is 70.6 Å². The molecular formula is C26H33FN2O4S. The highest BCUT2D eigenvalue weighted by molar-refractivity contribution is 7.89. The van der Waals surface area contributed by atoms with E-state index in [9.17, 15) is 13.2 Å². The molecule has 8 heteroatoms. The molecule has 0 unspecified atom stereocenters. The van der Waals surface area contributed by atoms with E-state index in [1.165, 1.54) is 10.4 Å². The third-order valence-corrected chi connectivity index (χ3v) is 8.99.